The van der Waals surface area contributed by atoms with Crippen LogP contribution in [0.3, 0.4) is 0 Å². The average Bonchev–Trinajstić information content (AvgIpc) is 3.30. The van der Waals surface area contributed by atoms with Gasteiger partial charge in [0, 0.05) is 24.5 Å². The van der Waals surface area contributed by atoms with Crippen molar-refractivity contribution in [3.8, 4) is 0 Å². The fourth-order valence-electron chi connectivity index (χ4n) is 3.60. The smallest absolute Gasteiger partial charge is 0.243 e. The monoisotopic (exact) mass is 440 g/mol. The third-order valence-corrected chi connectivity index (χ3v) is 8.03. The van der Waals surface area contributed by atoms with E-state index in [1.165, 1.54) is 32.4 Å². The number of nitrogens with one attached hydrogen (secondary N) is 1. The first kappa shape index (κ1) is 20.9. The highest BCUT2D eigenvalue weighted by Gasteiger charge is 2.27. The molecular weight excluding hydrogens is 416 g/mol. The van der Waals surface area contributed by atoms with Crippen LogP contribution in [0.15, 0.2) is 71.6 Å². The molecule has 3 aromatic carbocycles. The minimum atomic E-state index is -3.49. The van der Waals surface area contributed by atoms with Gasteiger partial charge in [-0.25, -0.2) is 8.42 Å². The highest BCUT2D eigenvalue weighted by molar-refractivity contribution is 7.99. The number of carbonyl (C=O) groups excluding carboxylic acids is 1. The van der Waals surface area contributed by atoms with E-state index in [0.717, 1.165) is 18.6 Å². The van der Waals surface area contributed by atoms with Crippen molar-refractivity contribution in [2.75, 3.05) is 24.2 Å². The Bertz CT molecular complexity index is 1160. The molecule has 1 aliphatic heterocycles. The zero-order chi connectivity index (χ0) is 21.0. The summed E-state index contributed by atoms with van der Waals surface area (Å²) in [7, 11) is -3.49. The van der Waals surface area contributed by atoms with Gasteiger partial charge in [0.05, 0.1) is 10.6 Å². The fourth-order valence-corrected chi connectivity index (χ4v) is 5.94. The van der Waals surface area contributed by atoms with Gasteiger partial charge in [-0.15, -0.1) is 11.8 Å². The fraction of sp³-hybridized carbons (Fsp3) is 0.261. The minimum Gasteiger partial charge on any atom is -0.325 e. The van der Waals surface area contributed by atoms with Crippen LogP contribution < -0.4 is 5.32 Å². The Morgan fingerprint density at radius 1 is 0.933 bits per heavy atom. The van der Waals surface area contributed by atoms with Crippen LogP contribution in [0.2, 0.25) is 0 Å². The molecule has 5 nitrogen and oxygen atoms in total. The largest absolute Gasteiger partial charge is 0.325 e. The van der Waals surface area contributed by atoms with Gasteiger partial charge < -0.3 is 5.32 Å². The molecule has 0 bridgehead atoms. The lowest BCUT2D eigenvalue weighted by molar-refractivity contribution is -0.113. The molecule has 3 aromatic rings. The lowest BCUT2D eigenvalue weighted by Crippen LogP contribution is -2.28. The first-order valence-electron chi connectivity index (χ1n) is 9.98. The van der Waals surface area contributed by atoms with Crippen molar-refractivity contribution in [1.82, 2.24) is 4.31 Å². The maximum Gasteiger partial charge on any atom is 0.243 e. The van der Waals surface area contributed by atoms with Gasteiger partial charge in [0.25, 0.3) is 0 Å². The molecule has 1 amide bonds. The number of amides is 1. The van der Waals surface area contributed by atoms with Crippen LogP contribution in [0.5, 0.6) is 0 Å². The van der Waals surface area contributed by atoms with Gasteiger partial charge in [0.15, 0.2) is 0 Å². The van der Waals surface area contributed by atoms with Crippen LogP contribution in [0.4, 0.5) is 5.69 Å². The van der Waals surface area contributed by atoms with Gasteiger partial charge in [-0.3, -0.25) is 4.79 Å². The molecule has 0 aromatic heterocycles. The molecule has 1 N–H and O–H groups in total. The van der Waals surface area contributed by atoms with Crippen LogP contribution in [-0.4, -0.2) is 37.5 Å². The molecule has 0 unspecified atom stereocenters. The van der Waals surface area contributed by atoms with E-state index in [4.69, 9.17) is 0 Å². The van der Waals surface area contributed by atoms with Gasteiger partial charge in [-0.2, -0.15) is 4.31 Å². The van der Waals surface area contributed by atoms with Crippen LogP contribution >= 0.6 is 11.8 Å². The molecule has 1 saturated heterocycles. The number of anilines is 1. The van der Waals surface area contributed by atoms with Gasteiger partial charge in [0.1, 0.15) is 0 Å². The quantitative estimate of drug-likeness (QED) is 0.588. The zero-order valence-corrected chi connectivity index (χ0v) is 18.2. The van der Waals surface area contributed by atoms with Crippen molar-refractivity contribution in [2.24, 2.45) is 0 Å². The molecule has 0 radical (unpaired) electrons. The van der Waals surface area contributed by atoms with Gasteiger partial charge >= 0.3 is 0 Å². The first-order chi connectivity index (χ1) is 14.5. The molecule has 0 aliphatic carbocycles. The molecule has 0 spiro atoms. The summed E-state index contributed by atoms with van der Waals surface area (Å²) in [6.07, 6.45) is 1.79. The number of fused-ring (bicyclic) bond motifs is 1. The Morgan fingerprint density at radius 2 is 1.70 bits per heavy atom. The number of nitrogens with zero attached hydrogens (tertiary/aromatic N) is 1. The summed E-state index contributed by atoms with van der Waals surface area (Å²) in [5, 5.41) is 5.21. The SMILES string of the molecule is O=C(CSCc1ccc2ccccc2c1)Nc1cccc(S(=O)(=O)N2CCCC2)c1. The number of thioether (sulfide) groups is 1. The molecule has 7 heteroatoms. The van der Waals surface area contributed by atoms with E-state index in [1.807, 2.05) is 12.1 Å². The molecule has 1 fully saturated rings. The number of rotatable bonds is 7. The molecule has 1 aliphatic rings. The second kappa shape index (κ2) is 9.20. The Labute approximate surface area is 181 Å². The highest BCUT2D eigenvalue weighted by atomic mass is 32.2. The van der Waals surface area contributed by atoms with Gasteiger partial charge in [-0.1, -0.05) is 48.5 Å². The Morgan fingerprint density at radius 3 is 2.50 bits per heavy atom. The van der Waals surface area contributed by atoms with Crippen molar-refractivity contribution in [1.29, 1.82) is 0 Å². The number of benzene rings is 3. The van der Waals surface area contributed by atoms with E-state index in [-0.39, 0.29) is 10.8 Å². The van der Waals surface area contributed by atoms with Gasteiger partial charge in [0.2, 0.25) is 15.9 Å². The molecule has 1 heterocycles. The first-order valence-corrected chi connectivity index (χ1v) is 12.6. The Hall–Kier alpha value is -2.35. The zero-order valence-electron chi connectivity index (χ0n) is 16.6. The maximum absolute atomic E-state index is 12.7. The highest BCUT2D eigenvalue weighted by Crippen LogP contribution is 2.24. The second-order valence-corrected chi connectivity index (χ2v) is 10.3. The number of carbonyl (C=O) groups is 1. The third-order valence-electron chi connectivity index (χ3n) is 5.14. The predicted octanol–water partition coefficient (Wildman–Crippen LogP) is 4.50. The molecule has 156 valence electrons. The Balaban J connectivity index is 1.33. The summed E-state index contributed by atoms with van der Waals surface area (Å²) in [6, 6.07) is 21.0. The number of sulfonamides is 1. The number of hydrogen-bond donors (Lipinski definition) is 1. The topological polar surface area (TPSA) is 66.5 Å². The van der Waals surface area contributed by atoms with E-state index in [2.05, 4.69) is 35.6 Å². The van der Waals surface area contributed by atoms with E-state index in [9.17, 15) is 13.2 Å². The van der Waals surface area contributed by atoms with Crippen LogP contribution in [0.25, 0.3) is 10.8 Å². The van der Waals surface area contributed by atoms with E-state index < -0.39 is 10.0 Å². The number of hydrogen-bond acceptors (Lipinski definition) is 4. The molecular formula is C23H24N2O3S2. The van der Waals surface area contributed by atoms with Crippen molar-refractivity contribution in [2.45, 2.75) is 23.5 Å². The van der Waals surface area contributed by atoms with Gasteiger partial charge in [-0.05, 0) is 47.4 Å². The lowest BCUT2D eigenvalue weighted by Gasteiger charge is -2.16. The summed E-state index contributed by atoms with van der Waals surface area (Å²) in [5.41, 5.74) is 1.68. The minimum absolute atomic E-state index is 0.142. The summed E-state index contributed by atoms with van der Waals surface area (Å²) in [5.74, 6) is 0.897. The summed E-state index contributed by atoms with van der Waals surface area (Å²) < 4.78 is 26.9. The molecule has 0 atom stereocenters. The normalized spacial score (nSPS) is 14.8. The van der Waals surface area contributed by atoms with Crippen LogP contribution in [-0.2, 0) is 20.6 Å². The van der Waals surface area contributed by atoms with Crippen LogP contribution in [0, 0.1) is 0 Å². The Kier molecular flexibility index (Phi) is 6.41. The predicted molar refractivity (Wildman–Crippen MR) is 123 cm³/mol. The van der Waals surface area contributed by atoms with E-state index in [1.54, 1.807) is 24.3 Å². The summed E-state index contributed by atoms with van der Waals surface area (Å²) in [6.45, 7) is 1.12. The summed E-state index contributed by atoms with van der Waals surface area (Å²) in [4.78, 5) is 12.6. The average molecular weight is 441 g/mol. The van der Waals surface area contributed by atoms with Crippen molar-refractivity contribution in [3.63, 3.8) is 0 Å². The molecule has 0 saturated carbocycles. The van der Waals surface area contributed by atoms with Crippen molar-refractivity contribution in [3.05, 3.63) is 72.3 Å². The third kappa shape index (κ3) is 4.86. The van der Waals surface area contributed by atoms with E-state index >= 15 is 0 Å². The maximum atomic E-state index is 12.7. The van der Waals surface area contributed by atoms with Crippen molar-refractivity contribution >= 4 is 44.2 Å². The second-order valence-electron chi connectivity index (χ2n) is 7.36. The van der Waals surface area contributed by atoms with Crippen molar-refractivity contribution < 1.29 is 13.2 Å². The molecule has 30 heavy (non-hydrogen) atoms. The van der Waals surface area contributed by atoms with Crippen LogP contribution in [0.1, 0.15) is 18.4 Å². The summed E-state index contributed by atoms with van der Waals surface area (Å²) >= 11 is 1.53. The van der Waals surface area contributed by atoms with E-state index in [0.29, 0.717) is 24.5 Å². The molecule has 4 rings (SSSR count). The standard InChI is InChI=1S/C23H24N2O3S2/c26-23(17-29-16-18-10-11-19-6-1-2-7-20(19)14-18)24-21-8-5-9-22(15-21)30(27,28)25-12-3-4-13-25/h1-2,5-11,14-15H,3-4,12-13,16-17H2,(H,24,26). The lowest BCUT2D eigenvalue weighted by atomic mass is 10.1.